The van der Waals surface area contributed by atoms with Gasteiger partial charge in [0, 0.05) is 31.1 Å². The summed E-state index contributed by atoms with van der Waals surface area (Å²) in [7, 11) is 0. The number of aromatic nitrogens is 2. The molecule has 1 aliphatic heterocycles. The Morgan fingerprint density at radius 1 is 1.25 bits per heavy atom. The molecule has 1 aromatic rings. The molecule has 0 amide bonds. The molecule has 2 heterocycles. The van der Waals surface area contributed by atoms with Gasteiger partial charge in [-0.1, -0.05) is 13.8 Å². The first-order valence-electron chi connectivity index (χ1n) is 7.71. The first kappa shape index (κ1) is 15.2. The summed E-state index contributed by atoms with van der Waals surface area (Å²) in [5.41, 5.74) is 3.54. The van der Waals surface area contributed by atoms with Gasteiger partial charge in [0.25, 0.3) is 0 Å². The van der Waals surface area contributed by atoms with Crippen molar-refractivity contribution in [2.75, 3.05) is 24.6 Å². The Morgan fingerprint density at radius 2 is 1.90 bits per heavy atom. The molecule has 0 radical (unpaired) electrons. The highest BCUT2D eigenvalue weighted by Crippen LogP contribution is 2.25. The van der Waals surface area contributed by atoms with Crippen LogP contribution in [0.4, 0.5) is 5.95 Å². The first-order valence-corrected chi connectivity index (χ1v) is 7.71. The van der Waals surface area contributed by atoms with Crippen molar-refractivity contribution in [1.82, 2.24) is 9.97 Å². The lowest BCUT2D eigenvalue weighted by Crippen LogP contribution is -2.23. The van der Waals surface area contributed by atoms with E-state index >= 15 is 0 Å². The maximum Gasteiger partial charge on any atom is 0.225 e. The second kappa shape index (κ2) is 6.53. The zero-order chi connectivity index (χ0) is 14.7. The van der Waals surface area contributed by atoms with Gasteiger partial charge < -0.3 is 10.0 Å². The smallest absolute Gasteiger partial charge is 0.225 e. The summed E-state index contributed by atoms with van der Waals surface area (Å²) in [5.74, 6) is 2.08. The number of anilines is 1. The maximum atomic E-state index is 9.04. The Kier molecular flexibility index (Phi) is 4.97. The predicted molar refractivity (Wildman–Crippen MR) is 82.1 cm³/mol. The van der Waals surface area contributed by atoms with E-state index in [4.69, 9.17) is 15.1 Å². The first-order chi connectivity index (χ1) is 9.51. The summed E-state index contributed by atoms with van der Waals surface area (Å²) in [6.45, 7) is 10.9. The topological polar surface area (TPSA) is 49.2 Å². The monoisotopic (exact) mass is 277 g/mol. The zero-order valence-electron chi connectivity index (χ0n) is 13.2. The Labute approximate surface area is 122 Å². The molecule has 0 unspecified atom stereocenters. The minimum atomic E-state index is 0.282. The second-order valence-electron chi connectivity index (χ2n) is 6.38. The standard InChI is InChI=1S/C16H27N3O/c1-11(2)9-15-12(3)17-16(18-13(15)4)19-7-5-14(10-19)6-8-20/h11,14,20H,5-10H2,1-4H3/t14-/m0/s1. The summed E-state index contributed by atoms with van der Waals surface area (Å²) >= 11 is 0. The number of aryl methyl sites for hydroxylation is 2. The summed E-state index contributed by atoms with van der Waals surface area (Å²) in [6.07, 6.45) is 3.07. The lowest BCUT2D eigenvalue weighted by molar-refractivity contribution is 0.263. The fourth-order valence-electron chi connectivity index (χ4n) is 3.00. The van der Waals surface area contributed by atoms with E-state index in [1.165, 1.54) is 5.56 Å². The van der Waals surface area contributed by atoms with Crippen LogP contribution in [0.3, 0.4) is 0 Å². The number of hydrogen-bond acceptors (Lipinski definition) is 4. The van der Waals surface area contributed by atoms with Crippen molar-refractivity contribution in [3.8, 4) is 0 Å². The minimum absolute atomic E-state index is 0.282. The molecule has 4 heteroatoms. The van der Waals surface area contributed by atoms with Crippen LogP contribution in [0.15, 0.2) is 0 Å². The van der Waals surface area contributed by atoms with E-state index in [2.05, 4.69) is 32.6 Å². The average Bonchev–Trinajstić information content (AvgIpc) is 2.82. The third kappa shape index (κ3) is 3.48. The molecule has 1 saturated heterocycles. The van der Waals surface area contributed by atoms with Crippen LogP contribution >= 0.6 is 0 Å². The minimum Gasteiger partial charge on any atom is -0.396 e. The van der Waals surface area contributed by atoms with Crippen molar-refractivity contribution >= 4 is 5.95 Å². The van der Waals surface area contributed by atoms with Crippen molar-refractivity contribution in [2.45, 2.75) is 47.0 Å². The third-order valence-electron chi connectivity index (χ3n) is 4.13. The summed E-state index contributed by atoms with van der Waals surface area (Å²) in [6, 6.07) is 0. The largest absolute Gasteiger partial charge is 0.396 e. The summed E-state index contributed by atoms with van der Waals surface area (Å²) in [5, 5.41) is 9.04. The molecule has 4 nitrogen and oxygen atoms in total. The lowest BCUT2D eigenvalue weighted by Gasteiger charge is -2.19. The van der Waals surface area contributed by atoms with E-state index in [1.54, 1.807) is 0 Å². The Bertz CT molecular complexity index is 436. The van der Waals surface area contributed by atoms with E-state index in [9.17, 15) is 0 Å². The molecule has 1 atom stereocenters. The molecule has 2 rings (SSSR count). The molecule has 0 bridgehead atoms. The maximum absolute atomic E-state index is 9.04. The summed E-state index contributed by atoms with van der Waals surface area (Å²) < 4.78 is 0. The van der Waals surface area contributed by atoms with Gasteiger partial charge in [-0.05, 0) is 50.5 Å². The molecular formula is C16H27N3O. The van der Waals surface area contributed by atoms with Gasteiger partial charge in [0.15, 0.2) is 0 Å². The van der Waals surface area contributed by atoms with Crippen LogP contribution in [-0.2, 0) is 6.42 Å². The zero-order valence-corrected chi connectivity index (χ0v) is 13.2. The number of hydrogen-bond donors (Lipinski definition) is 1. The molecule has 1 aliphatic rings. The van der Waals surface area contributed by atoms with Crippen LogP contribution < -0.4 is 4.90 Å². The Balaban J connectivity index is 2.14. The van der Waals surface area contributed by atoms with Crippen LogP contribution in [0.5, 0.6) is 0 Å². The molecule has 0 spiro atoms. The van der Waals surface area contributed by atoms with Crippen molar-refractivity contribution in [3.05, 3.63) is 17.0 Å². The highest BCUT2D eigenvalue weighted by atomic mass is 16.3. The second-order valence-corrected chi connectivity index (χ2v) is 6.38. The highest BCUT2D eigenvalue weighted by Gasteiger charge is 2.24. The van der Waals surface area contributed by atoms with Gasteiger partial charge in [-0.3, -0.25) is 0 Å². The fraction of sp³-hybridized carbons (Fsp3) is 0.750. The summed E-state index contributed by atoms with van der Waals surface area (Å²) in [4.78, 5) is 11.7. The average molecular weight is 277 g/mol. The van der Waals surface area contributed by atoms with Gasteiger partial charge in [0.2, 0.25) is 5.95 Å². The van der Waals surface area contributed by atoms with Crippen LogP contribution in [0.1, 0.15) is 43.6 Å². The van der Waals surface area contributed by atoms with Crippen LogP contribution in [0, 0.1) is 25.7 Å². The number of aliphatic hydroxyl groups is 1. The van der Waals surface area contributed by atoms with Crippen LogP contribution in [0.2, 0.25) is 0 Å². The number of rotatable bonds is 5. The molecule has 0 aromatic carbocycles. The van der Waals surface area contributed by atoms with Crippen LogP contribution in [-0.4, -0.2) is 34.8 Å². The number of nitrogens with zero attached hydrogens (tertiary/aromatic N) is 3. The quantitative estimate of drug-likeness (QED) is 0.898. The van der Waals surface area contributed by atoms with E-state index in [-0.39, 0.29) is 6.61 Å². The van der Waals surface area contributed by atoms with Crippen molar-refractivity contribution in [1.29, 1.82) is 0 Å². The lowest BCUT2D eigenvalue weighted by atomic mass is 10.0. The number of aliphatic hydroxyl groups excluding tert-OH is 1. The Hall–Kier alpha value is -1.16. The van der Waals surface area contributed by atoms with Gasteiger partial charge in [-0.2, -0.15) is 0 Å². The molecule has 1 aromatic heterocycles. The molecule has 20 heavy (non-hydrogen) atoms. The molecular weight excluding hydrogens is 250 g/mol. The van der Waals surface area contributed by atoms with Gasteiger partial charge in [0.1, 0.15) is 0 Å². The normalized spacial score (nSPS) is 19.1. The van der Waals surface area contributed by atoms with Crippen molar-refractivity contribution in [2.24, 2.45) is 11.8 Å². The predicted octanol–water partition coefficient (Wildman–Crippen LogP) is 2.50. The molecule has 1 N–H and O–H groups in total. The van der Waals surface area contributed by atoms with E-state index in [0.29, 0.717) is 11.8 Å². The van der Waals surface area contributed by atoms with Gasteiger partial charge in [-0.25, -0.2) is 9.97 Å². The van der Waals surface area contributed by atoms with E-state index in [0.717, 1.165) is 49.7 Å². The molecule has 112 valence electrons. The molecule has 0 aliphatic carbocycles. The fourth-order valence-corrected chi connectivity index (χ4v) is 3.00. The van der Waals surface area contributed by atoms with Gasteiger partial charge in [0.05, 0.1) is 0 Å². The van der Waals surface area contributed by atoms with E-state index in [1.807, 2.05) is 0 Å². The Morgan fingerprint density at radius 3 is 2.45 bits per heavy atom. The third-order valence-corrected chi connectivity index (χ3v) is 4.13. The van der Waals surface area contributed by atoms with Crippen LogP contribution in [0.25, 0.3) is 0 Å². The van der Waals surface area contributed by atoms with Gasteiger partial charge in [-0.15, -0.1) is 0 Å². The van der Waals surface area contributed by atoms with Crippen molar-refractivity contribution in [3.63, 3.8) is 0 Å². The highest BCUT2D eigenvalue weighted by molar-refractivity contribution is 5.37. The molecule has 0 saturated carbocycles. The van der Waals surface area contributed by atoms with Crippen molar-refractivity contribution < 1.29 is 5.11 Å². The van der Waals surface area contributed by atoms with E-state index < -0.39 is 0 Å². The SMILES string of the molecule is Cc1nc(N2CC[C@@H](CCO)C2)nc(C)c1CC(C)C. The van der Waals surface area contributed by atoms with Gasteiger partial charge >= 0.3 is 0 Å². The molecule has 1 fully saturated rings.